The Bertz CT molecular complexity index is 529. The van der Waals surface area contributed by atoms with Crippen LogP contribution in [0.1, 0.15) is 58.4 Å². The monoisotopic (exact) mass is 351 g/mol. The van der Waals surface area contributed by atoms with Crippen LogP contribution in [0.25, 0.3) is 0 Å². The summed E-state index contributed by atoms with van der Waals surface area (Å²) in [7, 11) is 0. The molecule has 1 aromatic carbocycles. The van der Waals surface area contributed by atoms with Crippen molar-refractivity contribution in [1.29, 1.82) is 0 Å². The zero-order chi connectivity index (χ0) is 17.7. The molecule has 4 atom stereocenters. The highest BCUT2D eigenvalue weighted by Gasteiger charge is 2.38. The summed E-state index contributed by atoms with van der Waals surface area (Å²) in [5, 5.41) is 4.24. The number of hydrogen-bond acceptors (Lipinski definition) is 3. The van der Waals surface area contributed by atoms with Crippen molar-refractivity contribution in [3.05, 3.63) is 34.9 Å². The summed E-state index contributed by atoms with van der Waals surface area (Å²) in [6.07, 6.45) is 4.00. The number of carbonyl (C=O) groups is 1. The van der Waals surface area contributed by atoms with E-state index in [1.807, 2.05) is 12.1 Å². The molecule has 1 N–H and O–H groups in total. The molecule has 134 valence electrons. The van der Waals surface area contributed by atoms with Gasteiger partial charge in [-0.2, -0.15) is 0 Å². The fourth-order valence-electron chi connectivity index (χ4n) is 3.72. The van der Waals surface area contributed by atoms with Gasteiger partial charge in [0, 0.05) is 23.6 Å². The lowest BCUT2D eigenvalue weighted by Gasteiger charge is -2.41. The first-order valence-corrected chi connectivity index (χ1v) is 9.35. The van der Waals surface area contributed by atoms with Crippen molar-refractivity contribution in [2.75, 3.05) is 6.61 Å². The van der Waals surface area contributed by atoms with Gasteiger partial charge in [0.1, 0.15) is 6.29 Å². The molecule has 1 fully saturated rings. The van der Waals surface area contributed by atoms with Gasteiger partial charge < -0.3 is 14.8 Å². The van der Waals surface area contributed by atoms with Crippen LogP contribution in [0.3, 0.4) is 0 Å². The second kappa shape index (κ2) is 8.46. The van der Waals surface area contributed by atoms with Crippen LogP contribution < -0.4 is 5.32 Å². The van der Waals surface area contributed by atoms with Crippen molar-refractivity contribution in [2.24, 2.45) is 5.92 Å². The molecular weight excluding hydrogens is 322 g/mol. The Morgan fingerprint density at radius 3 is 2.58 bits per heavy atom. The Hall–Kier alpha value is -0.900. The molecule has 3 nitrogen and oxygen atoms in total. The molecule has 24 heavy (non-hydrogen) atoms. The summed E-state index contributed by atoms with van der Waals surface area (Å²) < 4.78 is 5.89. The van der Waals surface area contributed by atoms with Gasteiger partial charge >= 0.3 is 0 Å². The number of benzene rings is 1. The molecule has 1 heterocycles. The number of carbonyl (C=O) groups excluding carboxylic acids is 1. The summed E-state index contributed by atoms with van der Waals surface area (Å²) in [5.74, 6) is 0.540. The third-order valence-electron chi connectivity index (χ3n) is 5.12. The molecule has 0 amide bonds. The topological polar surface area (TPSA) is 38.3 Å². The van der Waals surface area contributed by atoms with Crippen LogP contribution in [0.2, 0.25) is 5.02 Å². The molecule has 0 bridgehead atoms. The lowest BCUT2D eigenvalue weighted by atomic mass is 9.73. The lowest BCUT2D eigenvalue weighted by molar-refractivity contribution is -0.112. The van der Waals surface area contributed by atoms with Crippen LogP contribution in [0.15, 0.2) is 24.3 Å². The highest BCUT2D eigenvalue weighted by Crippen LogP contribution is 2.40. The minimum Gasteiger partial charge on any atom is -0.376 e. The van der Waals surface area contributed by atoms with E-state index in [-0.39, 0.29) is 17.6 Å². The van der Waals surface area contributed by atoms with Gasteiger partial charge in [0.05, 0.1) is 11.6 Å². The molecule has 2 rings (SSSR count). The summed E-state index contributed by atoms with van der Waals surface area (Å²) in [4.78, 5) is 11.9. The number of aldehydes is 1. The number of rotatable bonds is 7. The predicted molar refractivity (Wildman–Crippen MR) is 99.7 cm³/mol. The SMILES string of the molecule is CCC(C)NC(C=O)C(c1ccc(Cl)cc1)C1CCOC(C)(C)C1. The standard InChI is InChI=1S/C20H30ClNO2/c1-5-14(2)22-18(13-23)19(15-6-8-17(21)9-7-15)16-10-11-24-20(3,4)12-16/h6-9,13-14,16,18-19,22H,5,10-12H2,1-4H3. The van der Waals surface area contributed by atoms with Crippen LogP contribution >= 0.6 is 11.6 Å². The second-order valence-corrected chi connectivity index (χ2v) is 8.01. The predicted octanol–water partition coefficient (Wildman–Crippen LogP) is 4.58. The van der Waals surface area contributed by atoms with Gasteiger partial charge in [0.25, 0.3) is 0 Å². The van der Waals surface area contributed by atoms with Crippen molar-refractivity contribution in [1.82, 2.24) is 5.32 Å². The van der Waals surface area contributed by atoms with Gasteiger partial charge in [-0.05, 0) is 63.6 Å². The largest absolute Gasteiger partial charge is 0.376 e. The Morgan fingerprint density at radius 1 is 1.38 bits per heavy atom. The van der Waals surface area contributed by atoms with Gasteiger partial charge in [-0.15, -0.1) is 0 Å². The third-order valence-corrected chi connectivity index (χ3v) is 5.37. The smallest absolute Gasteiger partial charge is 0.137 e. The first kappa shape index (κ1) is 19.4. The van der Waals surface area contributed by atoms with E-state index in [0.717, 1.165) is 37.2 Å². The van der Waals surface area contributed by atoms with E-state index in [9.17, 15) is 4.79 Å². The van der Waals surface area contributed by atoms with E-state index in [2.05, 4.69) is 45.1 Å². The molecule has 4 unspecified atom stereocenters. The van der Waals surface area contributed by atoms with Crippen LogP contribution in [0.5, 0.6) is 0 Å². The summed E-state index contributed by atoms with van der Waals surface area (Å²) >= 11 is 6.06. The second-order valence-electron chi connectivity index (χ2n) is 7.58. The van der Waals surface area contributed by atoms with Gasteiger partial charge in [-0.1, -0.05) is 30.7 Å². The molecular formula is C20H30ClNO2. The van der Waals surface area contributed by atoms with E-state index in [1.54, 1.807) is 0 Å². The number of hydrogen-bond donors (Lipinski definition) is 1. The minimum absolute atomic E-state index is 0.136. The number of halogens is 1. The summed E-state index contributed by atoms with van der Waals surface area (Å²) in [5.41, 5.74) is 1.03. The average Bonchev–Trinajstić information content (AvgIpc) is 2.54. The zero-order valence-corrected chi connectivity index (χ0v) is 16.0. The van der Waals surface area contributed by atoms with E-state index in [4.69, 9.17) is 16.3 Å². The molecule has 0 radical (unpaired) electrons. The lowest BCUT2D eigenvalue weighted by Crippen LogP contribution is -2.46. The maximum Gasteiger partial charge on any atom is 0.137 e. The van der Waals surface area contributed by atoms with E-state index in [0.29, 0.717) is 12.0 Å². The Morgan fingerprint density at radius 2 is 2.04 bits per heavy atom. The van der Waals surface area contributed by atoms with Crippen molar-refractivity contribution in [3.63, 3.8) is 0 Å². The molecule has 4 heteroatoms. The summed E-state index contributed by atoms with van der Waals surface area (Å²) in [6.45, 7) is 9.28. The number of nitrogens with one attached hydrogen (secondary N) is 1. The third kappa shape index (κ3) is 5.05. The fourth-order valence-corrected chi connectivity index (χ4v) is 3.84. The minimum atomic E-state index is -0.194. The van der Waals surface area contributed by atoms with Crippen LogP contribution in [0.4, 0.5) is 0 Å². The zero-order valence-electron chi connectivity index (χ0n) is 15.2. The maximum absolute atomic E-state index is 11.9. The van der Waals surface area contributed by atoms with Crippen molar-refractivity contribution in [3.8, 4) is 0 Å². The first-order valence-electron chi connectivity index (χ1n) is 8.97. The normalized spacial score (nSPS) is 24.1. The van der Waals surface area contributed by atoms with E-state index >= 15 is 0 Å². The Balaban J connectivity index is 2.32. The number of ether oxygens (including phenoxy) is 1. The van der Waals surface area contributed by atoms with Crippen LogP contribution in [0, 0.1) is 5.92 Å². The highest BCUT2D eigenvalue weighted by atomic mass is 35.5. The first-order chi connectivity index (χ1) is 11.4. The molecule has 1 aliphatic rings. The van der Waals surface area contributed by atoms with Crippen LogP contribution in [-0.4, -0.2) is 30.6 Å². The van der Waals surface area contributed by atoms with Gasteiger partial charge in [0.2, 0.25) is 0 Å². The molecule has 1 aliphatic heterocycles. The Kier molecular flexibility index (Phi) is 6.85. The van der Waals surface area contributed by atoms with Crippen molar-refractivity contribution >= 4 is 17.9 Å². The van der Waals surface area contributed by atoms with Gasteiger partial charge in [-0.25, -0.2) is 0 Å². The molecule has 0 spiro atoms. The highest BCUT2D eigenvalue weighted by molar-refractivity contribution is 6.30. The molecule has 0 aromatic heterocycles. The average molecular weight is 352 g/mol. The van der Waals surface area contributed by atoms with Crippen LogP contribution in [-0.2, 0) is 9.53 Å². The molecule has 1 aromatic rings. The van der Waals surface area contributed by atoms with E-state index < -0.39 is 0 Å². The molecule has 0 saturated carbocycles. The molecule has 1 saturated heterocycles. The van der Waals surface area contributed by atoms with Crippen molar-refractivity contribution in [2.45, 2.75) is 70.6 Å². The Labute approximate surface area is 151 Å². The van der Waals surface area contributed by atoms with Gasteiger partial charge in [-0.3, -0.25) is 0 Å². The quantitative estimate of drug-likeness (QED) is 0.730. The fraction of sp³-hybridized carbons (Fsp3) is 0.650. The van der Waals surface area contributed by atoms with E-state index in [1.165, 1.54) is 5.56 Å². The molecule has 0 aliphatic carbocycles. The maximum atomic E-state index is 11.9. The van der Waals surface area contributed by atoms with Gasteiger partial charge in [0.15, 0.2) is 0 Å². The summed E-state index contributed by atoms with van der Waals surface area (Å²) in [6, 6.07) is 8.07. The van der Waals surface area contributed by atoms with Crippen molar-refractivity contribution < 1.29 is 9.53 Å².